The second kappa shape index (κ2) is 3.98. The molecular weight excluding hydrogens is 202 g/mol. The Morgan fingerprint density at radius 1 is 1.25 bits per heavy atom. The maximum absolute atomic E-state index is 5.74. The van der Waals surface area contributed by atoms with E-state index in [4.69, 9.17) is 9.47 Å². The fraction of sp³-hybridized carbons (Fsp3) is 0.538. The molecule has 0 amide bonds. The zero-order valence-corrected chi connectivity index (χ0v) is 9.53. The van der Waals surface area contributed by atoms with Crippen LogP contribution in [0.4, 0.5) is 0 Å². The molecule has 2 aliphatic heterocycles. The van der Waals surface area contributed by atoms with Crippen LogP contribution in [0.15, 0.2) is 18.2 Å². The third kappa shape index (κ3) is 1.65. The van der Waals surface area contributed by atoms with E-state index in [1.165, 1.54) is 12.0 Å². The van der Waals surface area contributed by atoms with E-state index in [1.807, 2.05) is 12.1 Å². The van der Waals surface area contributed by atoms with E-state index in [0.717, 1.165) is 24.0 Å². The first kappa shape index (κ1) is 9.97. The van der Waals surface area contributed by atoms with Gasteiger partial charge >= 0.3 is 0 Å². The van der Waals surface area contributed by atoms with Crippen LogP contribution in [-0.2, 0) is 0 Å². The standard InChI is InChI=1S/C13H17NO2/c1-9-7-11(14-8-9)10-3-2-4-12-13(10)16-6-5-15-12/h2-4,9,11,14H,5-8H2,1H3/t9-,11-/m0/s1. The van der Waals surface area contributed by atoms with Gasteiger partial charge in [0.05, 0.1) is 0 Å². The van der Waals surface area contributed by atoms with Crippen LogP contribution in [0.5, 0.6) is 11.5 Å². The van der Waals surface area contributed by atoms with Crippen LogP contribution in [0.1, 0.15) is 24.9 Å². The molecular formula is C13H17NO2. The van der Waals surface area contributed by atoms with Crippen LogP contribution >= 0.6 is 0 Å². The molecule has 1 N–H and O–H groups in total. The Bertz CT molecular complexity index is 392. The minimum Gasteiger partial charge on any atom is -0.486 e. The lowest BCUT2D eigenvalue weighted by molar-refractivity contribution is 0.169. The molecule has 1 aromatic rings. The first-order chi connectivity index (χ1) is 7.84. The van der Waals surface area contributed by atoms with Gasteiger partial charge in [-0.15, -0.1) is 0 Å². The molecule has 1 fully saturated rings. The lowest BCUT2D eigenvalue weighted by atomic mass is 10.00. The smallest absolute Gasteiger partial charge is 0.166 e. The van der Waals surface area contributed by atoms with Gasteiger partial charge in [-0.25, -0.2) is 0 Å². The number of benzene rings is 1. The van der Waals surface area contributed by atoms with Crippen molar-refractivity contribution in [2.24, 2.45) is 5.92 Å². The first-order valence-corrected chi connectivity index (χ1v) is 5.96. The second-order valence-electron chi connectivity index (χ2n) is 4.67. The van der Waals surface area contributed by atoms with Crippen LogP contribution in [-0.4, -0.2) is 19.8 Å². The number of hydrogen-bond donors (Lipinski definition) is 1. The summed E-state index contributed by atoms with van der Waals surface area (Å²) in [7, 11) is 0. The Balaban J connectivity index is 1.94. The molecule has 0 radical (unpaired) electrons. The van der Waals surface area contributed by atoms with Crippen molar-refractivity contribution in [3.05, 3.63) is 23.8 Å². The van der Waals surface area contributed by atoms with Gasteiger partial charge in [-0.1, -0.05) is 19.1 Å². The summed E-state index contributed by atoms with van der Waals surface area (Å²) in [6, 6.07) is 6.60. The Morgan fingerprint density at radius 3 is 2.94 bits per heavy atom. The molecule has 2 atom stereocenters. The van der Waals surface area contributed by atoms with E-state index in [-0.39, 0.29) is 0 Å². The van der Waals surface area contributed by atoms with Crippen molar-refractivity contribution < 1.29 is 9.47 Å². The van der Waals surface area contributed by atoms with Crippen molar-refractivity contribution in [2.75, 3.05) is 19.8 Å². The highest BCUT2D eigenvalue weighted by molar-refractivity contribution is 5.49. The maximum atomic E-state index is 5.74. The molecule has 0 aliphatic carbocycles. The van der Waals surface area contributed by atoms with Gasteiger partial charge in [0.25, 0.3) is 0 Å². The molecule has 86 valence electrons. The topological polar surface area (TPSA) is 30.5 Å². The molecule has 3 heteroatoms. The molecule has 16 heavy (non-hydrogen) atoms. The average Bonchev–Trinajstić information content (AvgIpc) is 2.75. The molecule has 0 saturated carbocycles. The van der Waals surface area contributed by atoms with Crippen LogP contribution in [0.25, 0.3) is 0 Å². The zero-order chi connectivity index (χ0) is 11.0. The van der Waals surface area contributed by atoms with Crippen molar-refractivity contribution in [1.29, 1.82) is 0 Å². The van der Waals surface area contributed by atoms with Gasteiger partial charge in [-0.2, -0.15) is 0 Å². The summed E-state index contributed by atoms with van der Waals surface area (Å²) in [5.74, 6) is 2.58. The quantitative estimate of drug-likeness (QED) is 0.785. The highest BCUT2D eigenvalue weighted by atomic mass is 16.6. The van der Waals surface area contributed by atoms with Gasteiger partial charge in [0, 0.05) is 11.6 Å². The number of hydrogen-bond acceptors (Lipinski definition) is 3. The predicted molar refractivity (Wildman–Crippen MR) is 62.0 cm³/mol. The lowest BCUT2D eigenvalue weighted by Gasteiger charge is -2.23. The summed E-state index contributed by atoms with van der Waals surface area (Å²) in [6.45, 7) is 4.69. The van der Waals surface area contributed by atoms with Crippen molar-refractivity contribution in [3.8, 4) is 11.5 Å². The van der Waals surface area contributed by atoms with Crippen LogP contribution in [0.2, 0.25) is 0 Å². The molecule has 0 unspecified atom stereocenters. The fourth-order valence-corrected chi connectivity index (χ4v) is 2.52. The van der Waals surface area contributed by atoms with E-state index in [9.17, 15) is 0 Å². The molecule has 3 rings (SSSR count). The third-order valence-corrected chi connectivity index (χ3v) is 3.32. The fourth-order valence-electron chi connectivity index (χ4n) is 2.52. The minimum absolute atomic E-state index is 0.423. The first-order valence-electron chi connectivity index (χ1n) is 5.96. The van der Waals surface area contributed by atoms with Gasteiger partial charge < -0.3 is 14.8 Å². The van der Waals surface area contributed by atoms with Crippen molar-refractivity contribution in [3.63, 3.8) is 0 Å². The Hall–Kier alpha value is -1.22. The van der Waals surface area contributed by atoms with Gasteiger partial charge in [-0.3, -0.25) is 0 Å². The van der Waals surface area contributed by atoms with Gasteiger partial charge in [0.15, 0.2) is 11.5 Å². The molecule has 0 aromatic heterocycles. The predicted octanol–water partition coefficient (Wildman–Crippen LogP) is 2.13. The summed E-state index contributed by atoms with van der Waals surface area (Å²) in [5.41, 5.74) is 1.25. The number of nitrogens with one attached hydrogen (secondary N) is 1. The molecule has 0 bridgehead atoms. The minimum atomic E-state index is 0.423. The molecule has 2 heterocycles. The average molecular weight is 219 g/mol. The molecule has 2 aliphatic rings. The van der Waals surface area contributed by atoms with Crippen molar-refractivity contribution in [2.45, 2.75) is 19.4 Å². The number of para-hydroxylation sites is 1. The normalized spacial score (nSPS) is 28.1. The van der Waals surface area contributed by atoms with E-state index < -0.39 is 0 Å². The van der Waals surface area contributed by atoms with Gasteiger partial charge in [-0.05, 0) is 24.9 Å². The summed E-state index contributed by atoms with van der Waals surface area (Å²) < 4.78 is 11.3. The highest BCUT2D eigenvalue weighted by Crippen LogP contribution is 2.40. The maximum Gasteiger partial charge on any atom is 0.166 e. The van der Waals surface area contributed by atoms with Crippen molar-refractivity contribution >= 4 is 0 Å². The van der Waals surface area contributed by atoms with Gasteiger partial charge in [0.1, 0.15) is 13.2 Å². The molecule has 1 aromatic carbocycles. The van der Waals surface area contributed by atoms with Crippen LogP contribution < -0.4 is 14.8 Å². The molecule has 1 saturated heterocycles. The van der Waals surface area contributed by atoms with Crippen LogP contribution in [0.3, 0.4) is 0 Å². The Labute approximate surface area is 95.8 Å². The summed E-state index contributed by atoms with van der Waals surface area (Å²) in [6.07, 6.45) is 1.18. The highest BCUT2D eigenvalue weighted by Gasteiger charge is 2.27. The van der Waals surface area contributed by atoms with E-state index in [1.54, 1.807) is 0 Å². The summed E-state index contributed by atoms with van der Waals surface area (Å²) in [5, 5.41) is 3.54. The summed E-state index contributed by atoms with van der Waals surface area (Å²) in [4.78, 5) is 0. The van der Waals surface area contributed by atoms with E-state index in [0.29, 0.717) is 19.3 Å². The second-order valence-corrected chi connectivity index (χ2v) is 4.67. The molecule has 0 spiro atoms. The monoisotopic (exact) mass is 219 g/mol. The largest absolute Gasteiger partial charge is 0.486 e. The number of ether oxygens (including phenoxy) is 2. The number of rotatable bonds is 1. The number of fused-ring (bicyclic) bond motifs is 1. The SMILES string of the molecule is C[C@@H]1CN[C@H](c2cccc3c2OCCO3)C1. The van der Waals surface area contributed by atoms with Gasteiger partial charge in [0.2, 0.25) is 0 Å². The van der Waals surface area contributed by atoms with Crippen molar-refractivity contribution in [1.82, 2.24) is 5.32 Å². The third-order valence-electron chi connectivity index (χ3n) is 3.32. The summed E-state index contributed by atoms with van der Waals surface area (Å²) >= 11 is 0. The Kier molecular flexibility index (Phi) is 2.48. The molecule has 3 nitrogen and oxygen atoms in total. The van der Waals surface area contributed by atoms with E-state index in [2.05, 4.69) is 18.3 Å². The lowest BCUT2D eigenvalue weighted by Crippen LogP contribution is -2.20. The Morgan fingerprint density at radius 2 is 2.12 bits per heavy atom. The van der Waals surface area contributed by atoms with E-state index >= 15 is 0 Å². The zero-order valence-electron chi connectivity index (χ0n) is 9.53. The van der Waals surface area contributed by atoms with Crippen LogP contribution in [0, 0.1) is 5.92 Å².